The zero-order valence-electron chi connectivity index (χ0n) is 16.9. The predicted octanol–water partition coefficient (Wildman–Crippen LogP) is 4.31. The van der Waals surface area contributed by atoms with Gasteiger partial charge in [0.15, 0.2) is 0 Å². The molecule has 5 nitrogen and oxygen atoms in total. The highest BCUT2D eigenvalue weighted by molar-refractivity contribution is 6.30. The van der Waals surface area contributed by atoms with Gasteiger partial charge in [0.2, 0.25) is 11.8 Å². The lowest BCUT2D eigenvalue weighted by Crippen LogP contribution is -2.63. The van der Waals surface area contributed by atoms with Crippen molar-refractivity contribution < 1.29 is 9.59 Å². The standard InChI is InChI=1S/C24H24ClN3O2/c1-2-3-11-27-14-21(29)28-20(24(27)30)13-18-17-9-4-5-10-19(17)26-22(18)23(28)15-7-6-8-16(25)12-15/h4-10,12,20,23,26H,2-3,11,13-14H2,1H3/t20-,23+/m0/s1. The Morgan fingerprint density at radius 2 is 1.97 bits per heavy atom. The van der Waals surface area contributed by atoms with Crippen molar-refractivity contribution in [3.05, 3.63) is 70.4 Å². The number of aromatic nitrogens is 1. The van der Waals surface area contributed by atoms with Crippen LogP contribution in [0.3, 0.4) is 0 Å². The molecule has 3 heterocycles. The Morgan fingerprint density at radius 1 is 1.13 bits per heavy atom. The van der Waals surface area contributed by atoms with Crippen molar-refractivity contribution in [2.24, 2.45) is 0 Å². The average molecular weight is 422 g/mol. The Hall–Kier alpha value is -2.79. The van der Waals surface area contributed by atoms with Gasteiger partial charge in [-0.25, -0.2) is 0 Å². The van der Waals surface area contributed by atoms with Gasteiger partial charge in [0.05, 0.1) is 12.6 Å². The van der Waals surface area contributed by atoms with E-state index < -0.39 is 6.04 Å². The summed E-state index contributed by atoms with van der Waals surface area (Å²) in [6.45, 7) is 2.87. The van der Waals surface area contributed by atoms with Gasteiger partial charge in [-0.1, -0.05) is 55.3 Å². The molecule has 0 unspecified atom stereocenters. The highest BCUT2D eigenvalue weighted by Gasteiger charge is 2.48. The number of benzene rings is 2. The molecule has 6 heteroatoms. The lowest BCUT2D eigenvalue weighted by atomic mass is 9.86. The van der Waals surface area contributed by atoms with E-state index >= 15 is 0 Å². The van der Waals surface area contributed by atoms with Crippen LogP contribution in [0, 0.1) is 0 Å². The van der Waals surface area contributed by atoms with Crippen LogP contribution in [0.2, 0.25) is 5.02 Å². The summed E-state index contributed by atoms with van der Waals surface area (Å²) in [7, 11) is 0. The lowest BCUT2D eigenvalue weighted by Gasteiger charge is -2.47. The van der Waals surface area contributed by atoms with Crippen molar-refractivity contribution in [3.8, 4) is 0 Å². The molecule has 0 aliphatic carbocycles. The third-order valence-electron chi connectivity index (χ3n) is 6.29. The molecule has 2 amide bonds. The molecule has 0 radical (unpaired) electrons. The summed E-state index contributed by atoms with van der Waals surface area (Å²) < 4.78 is 0. The molecule has 2 aliphatic rings. The normalized spacial score (nSPS) is 21.1. The SMILES string of the molecule is CCCCN1CC(=O)N2[C@H](c3cccc(Cl)c3)c3[nH]c4ccccc4c3C[C@H]2C1=O. The van der Waals surface area contributed by atoms with Crippen molar-refractivity contribution in [1.29, 1.82) is 0 Å². The van der Waals surface area contributed by atoms with Crippen LogP contribution < -0.4 is 0 Å². The molecule has 5 rings (SSSR count). The summed E-state index contributed by atoms with van der Waals surface area (Å²) >= 11 is 6.30. The summed E-state index contributed by atoms with van der Waals surface area (Å²) in [6, 6.07) is 14.9. The number of unbranched alkanes of at least 4 members (excludes halogenated alkanes) is 1. The lowest BCUT2D eigenvalue weighted by molar-refractivity contribution is -0.158. The van der Waals surface area contributed by atoms with Crippen LogP contribution in [-0.2, 0) is 16.0 Å². The first-order valence-corrected chi connectivity index (χ1v) is 10.9. The molecule has 1 saturated heterocycles. The maximum Gasteiger partial charge on any atom is 0.246 e. The number of H-pyrrole nitrogens is 1. The Bertz CT molecular complexity index is 1140. The minimum Gasteiger partial charge on any atom is -0.356 e. The third-order valence-corrected chi connectivity index (χ3v) is 6.52. The summed E-state index contributed by atoms with van der Waals surface area (Å²) in [6.07, 6.45) is 2.43. The third kappa shape index (κ3) is 3.00. The maximum absolute atomic E-state index is 13.4. The van der Waals surface area contributed by atoms with E-state index in [1.165, 1.54) is 0 Å². The molecule has 2 atom stereocenters. The topological polar surface area (TPSA) is 56.4 Å². The number of piperazine rings is 1. The molecule has 1 aromatic heterocycles. The molecule has 2 aliphatic heterocycles. The van der Waals surface area contributed by atoms with Gasteiger partial charge in [-0.15, -0.1) is 0 Å². The van der Waals surface area contributed by atoms with Gasteiger partial charge in [-0.3, -0.25) is 9.59 Å². The van der Waals surface area contributed by atoms with E-state index in [-0.39, 0.29) is 24.4 Å². The van der Waals surface area contributed by atoms with Crippen LogP contribution in [0.1, 0.15) is 42.6 Å². The van der Waals surface area contributed by atoms with E-state index in [0.717, 1.165) is 40.6 Å². The molecule has 3 aromatic rings. The zero-order chi connectivity index (χ0) is 20.8. The largest absolute Gasteiger partial charge is 0.356 e. The summed E-state index contributed by atoms with van der Waals surface area (Å²) in [5, 5.41) is 1.73. The number of halogens is 1. The molecule has 0 spiro atoms. The number of nitrogens with zero attached hydrogens (tertiary/aromatic N) is 2. The van der Waals surface area contributed by atoms with Crippen molar-refractivity contribution in [2.45, 2.75) is 38.3 Å². The van der Waals surface area contributed by atoms with Gasteiger partial charge in [0, 0.05) is 34.6 Å². The first kappa shape index (κ1) is 19.2. The van der Waals surface area contributed by atoms with Crippen LogP contribution in [0.4, 0.5) is 0 Å². The molecular weight excluding hydrogens is 398 g/mol. The van der Waals surface area contributed by atoms with E-state index in [2.05, 4.69) is 18.0 Å². The maximum atomic E-state index is 13.4. The highest BCUT2D eigenvalue weighted by atomic mass is 35.5. The minimum atomic E-state index is -0.487. The minimum absolute atomic E-state index is 0.00927. The van der Waals surface area contributed by atoms with Crippen LogP contribution in [0.15, 0.2) is 48.5 Å². The monoisotopic (exact) mass is 421 g/mol. The van der Waals surface area contributed by atoms with E-state index in [1.54, 1.807) is 9.80 Å². The van der Waals surface area contributed by atoms with Crippen LogP contribution in [0.5, 0.6) is 0 Å². The van der Waals surface area contributed by atoms with Gasteiger partial charge >= 0.3 is 0 Å². The summed E-state index contributed by atoms with van der Waals surface area (Å²) in [5.74, 6) is 0.0380. The first-order chi connectivity index (χ1) is 14.6. The van der Waals surface area contributed by atoms with E-state index in [4.69, 9.17) is 11.6 Å². The molecule has 30 heavy (non-hydrogen) atoms. The average Bonchev–Trinajstić information content (AvgIpc) is 3.12. The van der Waals surface area contributed by atoms with Crippen LogP contribution >= 0.6 is 11.6 Å². The second-order valence-corrected chi connectivity index (χ2v) is 8.59. The van der Waals surface area contributed by atoms with Crippen molar-refractivity contribution in [2.75, 3.05) is 13.1 Å². The predicted molar refractivity (Wildman–Crippen MR) is 117 cm³/mol. The number of rotatable bonds is 4. The number of hydrogen-bond acceptors (Lipinski definition) is 2. The Morgan fingerprint density at radius 3 is 2.77 bits per heavy atom. The summed E-state index contributed by atoms with van der Waals surface area (Å²) in [4.78, 5) is 33.8. The summed E-state index contributed by atoms with van der Waals surface area (Å²) in [5.41, 5.74) is 4.05. The fourth-order valence-electron chi connectivity index (χ4n) is 4.88. The number of fused-ring (bicyclic) bond motifs is 4. The first-order valence-electron chi connectivity index (χ1n) is 10.5. The smallest absolute Gasteiger partial charge is 0.246 e. The molecule has 1 fully saturated rings. The van der Waals surface area contributed by atoms with Gasteiger partial charge in [-0.2, -0.15) is 0 Å². The molecular formula is C24H24ClN3O2. The quantitative estimate of drug-likeness (QED) is 0.682. The number of hydrogen-bond donors (Lipinski definition) is 1. The van der Waals surface area contributed by atoms with Crippen LogP contribution in [0.25, 0.3) is 10.9 Å². The van der Waals surface area contributed by atoms with E-state index in [0.29, 0.717) is 18.0 Å². The number of nitrogens with one attached hydrogen (secondary N) is 1. The second-order valence-electron chi connectivity index (χ2n) is 8.15. The molecule has 2 aromatic carbocycles. The Labute approximate surface area is 180 Å². The molecule has 0 bridgehead atoms. The molecule has 154 valence electrons. The van der Waals surface area contributed by atoms with Gasteiger partial charge in [-0.05, 0) is 35.7 Å². The fourth-order valence-corrected chi connectivity index (χ4v) is 5.08. The van der Waals surface area contributed by atoms with Crippen molar-refractivity contribution >= 4 is 34.3 Å². The second kappa shape index (κ2) is 7.47. The Kier molecular flexibility index (Phi) is 4.78. The van der Waals surface area contributed by atoms with E-state index in [9.17, 15) is 9.59 Å². The van der Waals surface area contributed by atoms with E-state index in [1.807, 2.05) is 42.5 Å². The number of aromatic amines is 1. The number of para-hydroxylation sites is 1. The number of carbonyl (C=O) groups is 2. The number of amides is 2. The van der Waals surface area contributed by atoms with Crippen molar-refractivity contribution in [3.63, 3.8) is 0 Å². The van der Waals surface area contributed by atoms with Gasteiger partial charge in [0.1, 0.15) is 6.04 Å². The van der Waals surface area contributed by atoms with Gasteiger partial charge in [0.25, 0.3) is 0 Å². The van der Waals surface area contributed by atoms with Crippen molar-refractivity contribution in [1.82, 2.24) is 14.8 Å². The van der Waals surface area contributed by atoms with Gasteiger partial charge < -0.3 is 14.8 Å². The number of carbonyl (C=O) groups excluding carboxylic acids is 2. The van der Waals surface area contributed by atoms with Crippen LogP contribution in [-0.4, -0.2) is 45.7 Å². The molecule has 0 saturated carbocycles. The molecule has 1 N–H and O–H groups in total. The zero-order valence-corrected chi connectivity index (χ0v) is 17.7. The highest BCUT2D eigenvalue weighted by Crippen LogP contribution is 2.42. The fraction of sp³-hybridized carbons (Fsp3) is 0.333. The Balaban J connectivity index is 1.67.